The number of carbonyl (C=O) groups excluding carboxylic acids is 1. The molecule has 0 radical (unpaired) electrons. The van der Waals surface area contributed by atoms with Crippen molar-refractivity contribution in [3.05, 3.63) is 46.8 Å². The van der Waals surface area contributed by atoms with Crippen molar-refractivity contribution < 1.29 is 22.7 Å². The van der Waals surface area contributed by atoms with Crippen LogP contribution < -0.4 is 4.74 Å². The number of thiophene rings is 1. The van der Waals surface area contributed by atoms with E-state index in [9.17, 15) is 13.2 Å². The van der Waals surface area contributed by atoms with Gasteiger partial charge in [0.1, 0.15) is 16.6 Å². The normalized spacial score (nSPS) is 11.1. The number of hydrogen-bond donors (Lipinski definition) is 0. The van der Waals surface area contributed by atoms with Crippen LogP contribution in [0, 0.1) is 0 Å². The second-order valence-corrected chi connectivity index (χ2v) is 7.59. The van der Waals surface area contributed by atoms with Crippen LogP contribution in [0.4, 0.5) is 0 Å². The molecule has 5 nitrogen and oxygen atoms in total. The maximum absolute atomic E-state index is 11.7. The molecule has 0 fully saturated rings. The van der Waals surface area contributed by atoms with Crippen molar-refractivity contribution in [2.45, 2.75) is 10.8 Å². The van der Waals surface area contributed by atoms with E-state index in [2.05, 4.69) is 4.74 Å². The predicted octanol–water partition coefficient (Wildman–Crippen LogP) is 2.52. The molecule has 2 rings (SSSR count). The minimum Gasteiger partial charge on any atom is -0.487 e. The van der Waals surface area contributed by atoms with E-state index in [0.717, 1.165) is 23.2 Å². The molecule has 0 bridgehead atoms. The summed E-state index contributed by atoms with van der Waals surface area (Å²) in [5, 5.41) is 0. The summed E-state index contributed by atoms with van der Waals surface area (Å²) in [6.45, 7) is 0.241. The molecule has 7 heteroatoms. The molecule has 2 aromatic rings. The zero-order valence-electron chi connectivity index (χ0n) is 11.5. The van der Waals surface area contributed by atoms with Gasteiger partial charge in [-0.1, -0.05) is 30.3 Å². The van der Waals surface area contributed by atoms with Gasteiger partial charge >= 0.3 is 5.97 Å². The summed E-state index contributed by atoms with van der Waals surface area (Å²) >= 11 is 0.847. The molecule has 112 valence electrons. The van der Waals surface area contributed by atoms with Gasteiger partial charge in [-0.05, 0) is 5.56 Å². The number of ether oxygens (including phenoxy) is 2. The summed E-state index contributed by atoms with van der Waals surface area (Å²) in [7, 11) is -2.16. The molecule has 0 amide bonds. The van der Waals surface area contributed by atoms with E-state index >= 15 is 0 Å². The Hall–Kier alpha value is -1.86. The van der Waals surface area contributed by atoms with Gasteiger partial charge in [-0.2, -0.15) is 0 Å². The lowest BCUT2D eigenvalue weighted by atomic mass is 10.2. The Morgan fingerprint density at radius 1 is 1.24 bits per heavy atom. The number of esters is 1. The van der Waals surface area contributed by atoms with E-state index in [1.807, 2.05) is 30.3 Å². The smallest absolute Gasteiger partial charge is 0.351 e. The van der Waals surface area contributed by atoms with Crippen molar-refractivity contribution in [3.63, 3.8) is 0 Å². The fourth-order valence-corrected chi connectivity index (χ4v) is 3.54. The fraction of sp³-hybridized carbons (Fsp3) is 0.214. The summed E-state index contributed by atoms with van der Waals surface area (Å²) in [6.07, 6.45) is 1.08. The van der Waals surface area contributed by atoms with Crippen LogP contribution in [-0.2, 0) is 21.2 Å². The van der Waals surface area contributed by atoms with Crippen molar-refractivity contribution >= 4 is 27.1 Å². The summed E-state index contributed by atoms with van der Waals surface area (Å²) in [5.41, 5.74) is 0.917. The molecular formula is C14H14O5S2. The predicted molar refractivity (Wildman–Crippen MR) is 79.5 cm³/mol. The molecular weight excluding hydrogens is 312 g/mol. The SMILES string of the molecule is COC(=O)c1sc(S(C)(=O)=O)cc1OCc1ccccc1. The van der Waals surface area contributed by atoms with Crippen LogP contribution in [0.5, 0.6) is 5.75 Å². The fourth-order valence-electron chi connectivity index (χ4n) is 1.61. The molecule has 0 unspecified atom stereocenters. The van der Waals surface area contributed by atoms with Gasteiger partial charge in [0.15, 0.2) is 14.7 Å². The Morgan fingerprint density at radius 2 is 1.90 bits per heavy atom. The van der Waals surface area contributed by atoms with Crippen molar-refractivity contribution in [1.82, 2.24) is 0 Å². The van der Waals surface area contributed by atoms with Gasteiger partial charge < -0.3 is 9.47 Å². The van der Waals surface area contributed by atoms with E-state index in [-0.39, 0.29) is 21.4 Å². The average Bonchev–Trinajstić information content (AvgIpc) is 2.89. The molecule has 0 saturated heterocycles. The number of hydrogen-bond acceptors (Lipinski definition) is 6. The zero-order chi connectivity index (χ0) is 15.5. The number of benzene rings is 1. The molecule has 21 heavy (non-hydrogen) atoms. The summed E-state index contributed by atoms with van der Waals surface area (Å²) in [4.78, 5) is 11.8. The molecule has 0 aliphatic heterocycles. The molecule has 0 N–H and O–H groups in total. The number of carbonyl (C=O) groups is 1. The Labute approximate surface area is 127 Å². The molecule has 1 heterocycles. The third-order valence-corrected chi connectivity index (χ3v) is 5.55. The summed E-state index contributed by atoms with van der Waals surface area (Å²) < 4.78 is 33.5. The highest BCUT2D eigenvalue weighted by atomic mass is 32.2. The van der Waals surface area contributed by atoms with Gasteiger partial charge in [0.25, 0.3) is 0 Å². The van der Waals surface area contributed by atoms with E-state index in [0.29, 0.717) is 0 Å². The highest BCUT2D eigenvalue weighted by Crippen LogP contribution is 2.33. The minimum absolute atomic E-state index is 0.0750. The summed E-state index contributed by atoms with van der Waals surface area (Å²) in [5.74, 6) is -0.394. The first-order valence-corrected chi connectivity index (χ1v) is 8.71. The first kappa shape index (κ1) is 15.5. The van der Waals surface area contributed by atoms with Crippen molar-refractivity contribution in [3.8, 4) is 5.75 Å². The van der Waals surface area contributed by atoms with E-state index in [1.54, 1.807) is 0 Å². The lowest BCUT2D eigenvalue weighted by Gasteiger charge is -2.06. The number of sulfone groups is 1. The van der Waals surface area contributed by atoms with E-state index < -0.39 is 15.8 Å². The topological polar surface area (TPSA) is 69.7 Å². The Bertz CT molecular complexity index is 732. The Morgan fingerprint density at radius 3 is 2.48 bits per heavy atom. The van der Waals surface area contributed by atoms with E-state index in [4.69, 9.17) is 4.74 Å². The van der Waals surface area contributed by atoms with Crippen molar-refractivity contribution in [2.24, 2.45) is 0 Å². The van der Waals surface area contributed by atoms with Crippen LogP contribution in [0.15, 0.2) is 40.6 Å². The molecule has 0 aliphatic rings. The lowest BCUT2D eigenvalue weighted by Crippen LogP contribution is -2.02. The minimum atomic E-state index is -3.40. The first-order valence-electron chi connectivity index (χ1n) is 6.00. The lowest BCUT2D eigenvalue weighted by molar-refractivity contribution is 0.0601. The standard InChI is InChI=1S/C14H14O5S2/c1-18-14(15)13-11(8-12(20-13)21(2,16)17)19-9-10-6-4-3-5-7-10/h3-8H,9H2,1-2H3. The molecule has 0 spiro atoms. The van der Waals surface area contributed by atoms with Crippen LogP contribution >= 0.6 is 11.3 Å². The average molecular weight is 326 g/mol. The third kappa shape index (κ3) is 3.83. The monoisotopic (exact) mass is 326 g/mol. The van der Waals surface area contributed by atoms with Gasteiger partial charge in [0.05, 0.1) is 7.11 Å². The van der Waals surface area contributed by atoms with Gasteiger partial charge in [-0.3, -0.25) is 0 Å². The van der Waals surface area contributed by atoms with Crippen molar-refractivity contribution in [1.29, 1.82) is 0 Å². The van der Waals surface area contributed by atoms with Crippen LogP contribution in [0.25, 0.3) is 0 Å². The number of rotatable bonds is 5. The quantitative estimate of drug-likeness (QED) is 0.790. The van der Waals surface area contributed by atoms with Crippen LogP contribution in [0.2, 0.25) is 0 Å². The van der Waals surface area contributed by atoms with E-state index in [1.165, 1.54) is 13.2 Å². The molecule has 1 aromatic heterocycles. The maximum atomic E-state index is 11.7. The highest BCUT2D eigenvalue weighted by Gasteiger charge is 2.22. The highest BCUT2D eigenvalue weighted by molar-refractivity contribution is 7.92. The van der Waals surface area contributed by atoms with Crippen LogP contribution in [0.1, 0.15) is 15.2 Å². The second kappa shape index (κ2) is 6.28. The Kier molecular flexibility index (Phi) is 4.64. The number of methoxy groups -OCH3 is 1. The van der Waals surface area contributed by atoms with Gasteiger partial charge in [-0.15, -0.1) is 11.3 Å². The van der Waals surface area contributed by atoms with Gasteiger partial charge in [-0.25, -0.2) is 13.2 Å². The molecule has 0 saturated carbocycles. The zero-order valence-corrected chi connectivity index (χ0v) is 13.2. The van der Waals surface area contributed by atoms with Crippen molar-refractivity contribution in [2.75, 3.05) is 13.4 Å². The van der Waals surface area contributed by atoms with Crippen LogP contribution in [0.3, 0.4) is 0 Å². The Balaban J connectivity index is 2.29. The molecule has 0 aliphatic carbocycles. The molecule has 0 atom stereocenters. The van der Waals surface area contributed by atoms with Crippen LogP contribution in [-0.4, -0.2) is 27.8 Å². The maximum Gasteiger partial charge on any atom is 0.351 e. The van der Waals surface area contributed by atoms with Gasteiger partial charge in [0, 0.05) is 12.3 Å². The summed E-state index contributed by atoms with van der Waals surface area (Å²) in [6, 6.07) is 10.7. The third-order valence-electron chi connectivity index (χ3n) is 2.65. The first-order chi connectivity index (χ1) is 9.91. The van der Waals surface area contributed by atoms with Gasteiger partial charge in [0.2, 0.25) is 0 Å². The second-order valence-electron chi connectivity index (χ2n) is 4.30. The largest absolute Gasteiger partial charge is 0.487 e. The molecule has 1 aromatic carbocycles.